The maximum Gasteiger partial charge on any atom is 0.326 e. The smallest absolute Gasteiger partial charge is 0.326 e. The van der Waals surface area contributed by atoms with E-state index in [4.69, 9.17) is 23.2 Å². The molecule has 2 rings (SSSR count). The van der Waals surface area contributed by atoms with E-state index >= 15 is 0 Å². The monoisotopic (exact) mass is 369 g/mol. The molecule has 0 aromatic heterocycles. The molecule has 0 spiro atoms. The summed E-state index contributed by atoms with van der Waals surface area (Å²) in [7, 11) is 0. The molecular weight excluding hydrogens is 356 g/mol. The second-order valence-electron chi connectivity index (χ2n) is 5.17. The Bertz CT molecular complexity index is 730. The zero-order chi connectivity index (χ0) is 17.7. The molecular formula is C17H14Cl2FNO3. The van der Waals surface area contributed by atoms with Gasteiger partial charge >= 0.3 is 5.97 Å². The number of amides is 1. The van der Waals surface area contributed by atoms with E-state index in [1.54, 1.807) is 18.2 Å². The molecule has 7 heteroatoms. The number of rotatable bonds is 6. The molecule has 2 aromatic rings. The van der Waals surface area contributed by atoms with E-state index in [1.807, 2.05) is 0 Å². The van der Waals surface area contributed by atoms with E-state index in [9.17, 15) is 19.1 Å². The van der Waals surface area contributed by atoms with Crippen molar-refractivity contribution >= 4 is 35.1 Å². The van der Waals surface area contributed by atoms with Gasteiger partial charge in [-0.3, -0.25) is 4.79 Å². The Morgan fingerprint density at radius 3 is 2.21 bits per heavy atom. The molecule has 24 heavy (non-hydrogen) atoms. The molecule has 0 saturated heterocycles. The van der Waals surface area contributed by atoms with Crippen molar-refractivity contribution in [3.05, 3.63) is 69.5 Å². The van der Waals surface area contributed by atoms with Gasteiger partial charge in [0.2, 0.25) is 5.91 Å². The second kappa shape index (κ2) is 8.13. The first-order chi connectivity index (χ1) is 11.4. The summed E-state index contributed by atoms with van der Waals surface area (Å²) in [6, 6.07) is 9.09. The number of carbonyl (C=O) groups is 2. The molecule has 126 valence electrons. The predicted octanol–water partition coefficient (Wildman–Crippen LogP) is 3.49. The molecule has 0 saturated carbocycles. The Kier molecular flexibility index (Phi) is 6.17. The average Bonchev–Trinajstić information content (AvgIpc) is 2.52. The highest BCUT2D eigenvalue weighted by Crippen LogP contribution is 2.25. The lowest BCUT2D eigenvalue weighted by molar-refractivity contribution is -0.141. The largest absolute Gasteiger partial charge is 0.480 e. The summed E-state index contributed by atoms with van der Waals surface area (Å²) < 4.78 is 12.9. The summed E-state index contributed by atoms with van der Waals surface area (Å²) in [6.07, 6.45) is -0.0939. The molecule has 0 heterocycles. The lowest BCUT2D eigenvalue weighted by Crippen LogP contribution is -2.43. The maximum absolute atomic E-state index is 12.9. The summed E-state index contributed by atoms with van der Waals surface area (Å²) in [4.78, 5) is 23.4. The van der Waals surface area contributed by atoms with Crippen LogP contribution < -0.4 is 5.32 Å². The van der Waals surface area contributed by atoms with Crippen molar-refractivity contribution in [1.29, 1.82) is 0 Å². The highest BCUT2D eigenvalue weighted by atomic mass is 35.5. The van der Waals surface area contributed by atoms with Crippen LogP contribution >= 0.6 is 23.2 Å². The normalized spacial score (nSPS) is 11.8. The van der Waals surface area contributed by atoms with E-state index < -0.39 is 23.7 Å². The van der Waals surface area contributed by atoms with Gasteiger partial charge < -0.3 is 10.4 Å². The van der Waals surface area contributed by atoms with Crippen LogP contribution in [0.15, 0.2) is 42.5 Å². The Labute approximate surface area is 148 Å². The number of carbonyl (C=O) groups excluding carboxylic acids is 1. The highest BCUT2D eigenvalue weighted by molar-refractivity contribution is 6.36. The third-order valence-corrected chi connectivity index (χ3v) is 4.09. The van der Waals surface area contributed by atoms with Crippen molar-refractivity contribution in [1.82, 2.24) is 5.32 Å². The van der Waals surface area contributed by atoms with Crippen LogP contribution in [0.3, 0.4) is 0 Å². The number of carboxylic acids is 1. The molecule has 2 aromatic carbocycles. The highest BCUT2D eigenvalue weighted by Gasteiger charge is 2.22. The van der Waals surface area contributed by atoms with Crippen molar-refractivity contribution in [2.75, 3.05) is 0 Å². The lowest BCUT2D eigenvalue weighted by atomic mass is 10.0. The Hall–Kier alpha value is -2.11. The van der Waals surface area contributed by atoms with E-state index in [2.05, 4.69) is 5.32 Å². The van der Waals surface area contributed by atoms with Crippen molar-refractivity contribution < 1.29 is 19.1 Å². The molecule has 0 unspecified atom stereocenters. The minimum atomic E-state index is -1.20. The van der Waals surface area contributed by atoms with E-state index in [1.165, 1.54) is 24.3 Å². The fourth-order valence-electron chi connectivity index (χ4n) is 2.16. The second-order valence-corrected chi connectivity index (χ2v) is 5.98. The first-order valence-corrected chi connectivity index (χ1v) is 7.82. The summed E-state index contributed by atoms with van der Waals surface area (Å²) >= 11 is 12.1. The third-order valence-electron chi connectivity index (χ3n) is 3.38. The maximum atomic E-state index is 12.9. The van der Waals surface area contributed by atoms with Crippen molar-refractivity contribution in [2.45, 2.75) is 18.9 Å². The minimum absolute atomic E-state index is 0.0387. The Balaban J connectivity index is 2.07. The van der Waals surface area contributed by atoms with Crippen molar-refractivity contribution in [3.63, 3.8) is 0 Å². The first kappa shape index (κ1) is 18.2. The summed E-state index contributed by atoms with van der Waals surface area (Å²) in [5.41, 5.74) is 1.03. The Morgan fingerprint density at radius 2 is 1.67 bits per heavy atom. The third kappa shape index (κ3) is 4.94. The predicted molar refractivity (Wildman–Crippen MR) is 89.8 cm³/mol. The van der Waals surface area contributed by atoms with Gasteiger partial charge in [0, 0.05) is 16.5 Å². The van der Waals surface area contributed by atoms with Crippen LogP contribution in [0, 0.1) is 5.82 Å². The van der Waals surface area contributed by atoms with Crippen molar-refractivity contribution in [3.8, 4) is 0 Å². The molecule has 2 N–H and O–H groups in total. The van der Waals surface area contributed by atoms with Gasteiger partial charge in [-0.25, -0.2) is 9.18 Å². The van der Waals surface area contributed by atoms with Gasteiger partial charge in [0.05, 0.1) is 6.42 Å². The lowest BCUT2D eigenvalue weighted by Gasteiger charge is -2.16. The molecule has 0 fully saturated rings. The standard InChI is InChI=1S/C17H14Cl2FNO3/c18-13-2-1-3-14(19)12(13)9-15(17(23)24)21-16(22)8-10-4-6-11(20)7-5-10/h1-7,15H,8-9H2,(H,21,22)(H,23,24)/t15-/m0/s1. The van der Waals surface area contributed by atoms with Crippen LogP contribution in [-0.2, 0) is 22.4 Å². The van der Waals surface area contributed by atoms with Gasteiger partial charge in [0.1, 0.15) is 11.9 Å². The molecule has 4 nitrogen and oxygen atoms in total. The molecule has 0 aliphatic heterocycles. The number of hydrogen-bond acceptors (Lipinski definition) is 2. The molecule has 1 amide bonds. The topological polar surface area (TPSA) is 66.4 Å². The van der Waals surface area contributed by atoms with E-state index in [0.717, 1.165) is 0 Å². The summed E-state index contributed by atoms with van der Waals surface area (Å²) in [5, 5.41) is 12.4. The number of halogens is 3. The quantitative estimate of drug-likeness (QED) is 0.818. The van der Waals surface area contributed by atoms with Gasteiger partial charge in [-0.15, -0.1) is 0 Å². The Morgan fingerprint density at radius 1 is 1.08 bits per heavy atom. The van der Waals surface area contributed by atoms with Crippen LogP contribution in [0.2, 0.25) is 10.0 Å². The fraction of sp³-hybridized carbons (Fsp3) is 0.176. The van der Waals surface area contributed by atoms with Crippen molar-refractivity contribution in [2.24, 2.45) is 0 Å². The number of benzene rings is 2. The van der Waals surface area contributed by atoms with Crippen LogP contribution in [0.4, 0.5) is 4.39 Å². The number of aliphatic carboxylic acids is 1. The van der Waals surface area contributed by atoms with Crippen LogP contribution in [0.1, 0.15) is 11.1 Å². The molecule has 0 radical (unpaired) electrons. The van der Waals surface area contributed by atoms with Gasteiger partial charge in [0.15, 0.2) is 0 Å². The molecule has 0 aliphatic rings. The van der Waals surface area contributed by atoms with Gasteiger partial charge in [-0.05, 0) is 35.4 Å². The SMILES string of the molecule is O=C(Cc1ccc(F)cc1)N[C@@H](Cc1c(Cl)cccc1Cl)C(=O)O. The zero-order valence-electron chi connectivity index (χ0n) is 12.4. The number of carboxylic acid groups (broad SMARTS) is 1. The van der Waals surface area contributed by atoms with Gasteiger partial charge in [-0.1, -0.05) is 41.4 Å². The first-order valence-electron chi connectivity index (χ1n) is 7.06. The van der Waals surface area contributed by atoms with Gasteiger partial charge in [-0.2, -0.15) is 0 Å². The number of nitrogens with one attached hydrogen (secondary N) is 1. The summed E-state index contributed by atoms with van der Waals surface area (Å²) in [5.74, 6) is -2.09. The van der Waals surface area contributed by atoms with Gasteiger partial charge in [0.25, 0.3) is 0 Å². The molecule has 0 aliphatic carbocycles. The zero-order valence-corrected chi connectivity index (χ0v) is 13.9. The van der Waals surface area contributed by atoms with E-state index in [0.29, 0.717) is 21.2 Å². The molecule has 0 bridgehead atoms. The van der Waals surface area contributed by atoms with E-state index in [-0.39, 0.29) is 12.8 Å². The van der Waals surface area contributed by atoms with Crippen LogP contribution in [0.25, 0.3) is 0 Å². The number of hydrogen-bond donors (Lipinski definition) is 2. The average molecular weight is 370 g/mol. The molecule has 1 atom stereocenters. The summed E-state index contributed by atoms with van der Waals surface area (Å²) in [6.45, 7) is 0. The fourth-order valence-corrected chi connectivity index (χ4v) is 2.72. The van der Waals surface area contributed by atoms with Crippen LogP contribution in [0.5, 0.6) is 0 Å². The minimum Gasteiger partial charge on any atom is -0.480 e. The van der Waals surface area contributed by atoms with Crippen LogP contribution in [-0.4, -0.2) is 23.0 Å².